The summed E-state index contributed by atoms with van der Waals surface area (Å²) >= 11 is 1.73. The van der Waals surface area contributed by atoms with Gasteiger partial charge in [-0.1, -0.05) is 0 Å². The van der Waals surface area contributed by atoms with Crippen LogP contribution in [-0.4, -0.2) is 36.7 Å². The van der Waals surface area contributed by atoms with Crippen LogP contribution in [0.15, 0.2) is 12.1 Å². The highest BCUT2D eigenvalue weighted by Crippen LogP contribution is 2.17. The van der Waals surface area contributed by atoms with E-state index in [1.807, 2.05) is 6.92 Å². The molecule has 0 spiro atoms. The van der Waals surface area contributed by atoms with E-state index in [2.05, 4.69) is 17.4 Å². The number of rotatable bonds is 9. The standard InChI is InChI=1S/C14H21NO4S/c1-10-6-7-11(20-10)4-3-5-13(16)15-12(14(17)18)8-9-19-2/h6-7,12H,3-5,8-9H2,1-2H3,(H,15,16)(H,17,18). The first kappa shape index (κ1) is 16.7. The molecular weight excluding hydrogens is 278 g/mol. The van der Waals surface area contributed by atoms with Gasteiger partial charge in [-0.15, -0.1) is 11.3 Å². The van der Waals surface area contributed by atoms with Crippen molar-refractivity contribution in [2.24, 2.45) is 0 Å². The van der Waals surface area contributed by atoms with Crippen LogP contribution in [0, 0.1) is 6.92 Å². The van der Waals surface area contributed by atoms with Gasteiger partial charge in [-0.3, -0.25) is 4.79 Å². The van der Waals surface area contributed by atoms with Crippen molar-refractivity contribution in [1.82, 2.24) is 5.32 Å². The van der Waals surface area contributed by atoms with Crippen molar-refractivity contribution >= 4 is 23.2 Å². The number of carbonyl (C=O) groups is 2. The molecule has 0 saturated heterocycles. The van der Waals surface area contributed by atoms with Crippen LogP contribution in [0.4, 0.5) is 0 Å². The molecule has 112 valence electrons. The summed E-state index contributed by atoms with van der Waals surface area (Å²) in [4.78, 5) is 25.2. The maximum Gasteiger partial charge on any atom is 0.326 e. The molecule has 0 aliphatic heterocycles. The van der Waals surface area contributed by atoms with Gasteiger partial charge < -0.3 is 15.2 Å². The highest BCUT2D eigenvalue weighted by atomic mass is 32.1. The minimum atomic E-state index is -1.02. The predicted molar refractivity (Wildman–Crippen MR) is 78.1 cm³/mol. The largest absolute Gasteiger partial charge is 0.480 e. The number of nitrogens with one attached hydrogen (secondary N) is 1. The number of hydrogen-bond acceptors (Lipinski definition) is 4. The molecule has 1 rings (SSSR count). The second-order valence-electron chi connectivity index (χ2n) is 4.61. The molecule has 1 aromatic rings. The maximum absolute atomic E-state index is 11.7. The van der Waals surface area contributed by atoms with E-state index in [1.54, 1.807) is 11.3 Å². The summed E-state index contributed by atoms with van der Waals surface area (Å²) in [5.41, 5.74) is 0. The van der Waals surface area contributed by atoms with Crippen LogP contribution in [0.3, 0.4) is 0 Å². The summed E-state index contributed by atoms with van der Waals surface area (Å²) < 4.78 is 4.83. The van der Waals surface area contributed by atoms with E-state index in [0.717, 1.165) is 12.8 Å². The SMILES string of the molecule is COCCC(NC(=O)CCCc1ccc(C)s1)C(=O)O. The van der Waals surface area contributed by atoms with Crippen LogP contribution in [0.25, 0.3) is 0 Å². The Labute approximate surface area is 123 Å². The van der Waals surface area contributed by atoms with Crippen molar-refractivity contribution in [3.63, 3.8) is 0 Å². The topological polar surface area (TPSA) is 75.6 Å². The van der Waals surface area contributed by atoms with Crippen molar-refractivity contribution in [2.75, 3.05) is 13.7 Å². The Morgan fingerprint density at radius 2 is 2.20 bits per heavy atom. The lowest BCUT2D eigenvalue weighted by atomic mass is 10.1. The first-order valence-corrected chi connectivity index (χ1v) is 7.41. The summed E-state index contributed by atoms with van der Waals surface area (Å²) in [5, 5.41) is 11.5. The van der Waals surface area contributed by atoms with Crippen molar-refractivity contribution in [3.05, 3.63) is 21.9 Å². The first-order chi connectivity index (χ1) is 9.52. The lowest BCUT2D eigenvalue weighted by Gasteiger charge is -2.13. The number of ether oxygens (including phenoxy) is 1. The summed E-state index contributed by atoms with van der Waals surface area (Å²) in [6, 6.07) is 3.26. The third-order valence-electron chi connectivity index (χ3n) is 2.87. The first-order valence-electron chi connectivity index (χ1n) is 6.59. The summed E-state index contributed by atoms with van der Waals surface area (Å²) in [7, 11) is 1.50. The van der Waals surface area contributed by atoms with Gasteiger partial charge in [0.15, 0.2) is 0 Å². The molecule has 0 fully saturated rings. The number of amides is 1. The molecule has 0 aliphatic rings. The third-order valence-corrected chi connectivity index (χ3v) is 3.93. The van der Waals surface area contributed by atoms with Gasteiger partial charge in [-0.25, -0.2) is 4.79 Å². The Morgan fingerprint density at radius 3 is 2.75 bits per heavy atom. The molecule has 20 heavy (non-hydrogen) atoms. The van der Waals surface area contributed by atoms with E-state index in [1.165, 1.54) is 16.9 Å². The highest BCUT2D eigenvalue weighted by Gasteiger charge is 2.19. The summed E-state index contributed by atoms with van der Waals surface area (Å²) in [5.74, 6) is -1.24. The Hall–Kier alpha value is -1.40. The Kier molecular flexibility index (Phi) is 7.25. The molecule has 0 aliphatic carbocycles. The lowest BCUT2D eigenvalue weighted by molar-refractivity contribution is -0.142. The van der Waals surface area contributed by atoms with Crippen LogP contribution in [0.2, 0.25) is 0 Å². The Balaban J connectivity index is 2.28. The zero-order valence-electron chi connectivity index (χ0n) is 11.8. The molecule has 2 N–H and O–H groups in total. The summed E-state index contributed by atoms with van der Waals surface area (Å²) in [6.07, 6.45) is 2.19. The van der Waals surface area contributed by atoms with E-state index in [4.69, 9.17) is 9.84 Å². The third kappa shape index (κ3) is 6.16. The zero-order valence-corrected chi connectivity index (χ0v) is 12.7. The van der Waals surface area contributed by atoms with Crippen LogP contribution < -0.4 is 5.32 Å². The minimum absolute atomic E-state index is 0.221. The van der Waals surface area contributed by atoms with Gasteiger partial charge in [0.25, 0.3) is 0 Å². The number of aryl methyl sites for hydroxylation is 2. The second-order valence-corrected chi connectivity index (χ2v) is 5.98. The molecule has 0 saturated carbocycles. The van der Waals surface area contributed by atoms with Gasteiger partial charge in [0.1, 0.15) is 6.04 Å². The highest BCUT2D eigenvalue weighted by molar-refractivity contribution is 7.11. The lowest BCUT2D eigenvalue weighted by Crippen LogP contribution is -2.41. The fourth-order valence-electron chi connectivity index (χ4n) is 1.80. The second kappa shape index (κ2) is 8.71. The molecular formula is C14H21NO4S. The van der Waals surface area contributed by atoms with Gasteiger partial charge in [-0.05, 0) is 31.9 Å². The number of thiophene rings is 1. The average molecular weight is 299 g/mol. The molecule has 0 aromatic carbocycles. The number of carbonyl (C=O) groups excluding carboxylic acids is 1. The van der Waals surface area contributed by atoms with Crippen molar-refractivity contribution in [2.45, 2.75) is 38.6 Å². The molecule has 6 heteroatoms. The number of hydrogen-bond donors (Lipinski definition) is 2. The Bertz CT molecular complexity index is 444. The quantitative estimate of drug-likeness (QED) is 0.731. The van der Waals surface area contributed by atoms with Crippen LogP contribution in [-0.2, 0) is 20.7 Å². The molecule has 0 radical (unpaired) electrons. The monoisotopic (exact) mass is 299 g/mol. The van der Waals surface area contributed by atoms with Gasteiger partial charge in [-0.2, -0.15) is 0 Å². The van der Waals surface area contributed by atoms with E-state index in [9.17, 15) is 9.59 Å². The zero-order chi connectivity index (χ0) is 15.0. The molecule has 1 unspecified atom stereocenters. The Morgan fingerprint density at radius 1 is 1.45 bits per heavy atom. The van der Waals surface area contributed by atoms with E-state index < -0.39 is 12.0 Å². The minimum Gasteiger partial charge on any atom is -0.480 e. The molecule has 5 nitrogen and oxygen atoms in total. The number of methoxy groups -OCH3 is 1. The maximum atomic E-state index is 11.7. The van der Waals surface area contributed by atoms with Gasteiger partial charge in [0.2, 0.25) is 5.91 Å². The smallest absolute Gasteiger partial charge is 0.326 e. The van der Waals surface area contributed by atoms with Crippen LogP contribution in [0.5, 0.6) is 0 Å². The number of carboxylic acid groups (broad SMARTS) is 1. The van der Waals surface area contributed by atoms with Gasteiger partial charge >= 0.3 is 5.97 Å². The predicted octanol–water partition coefficient (Wildman–Crippen LogP) is 1.99. The van der Waals surface area contributed by atoms with Crippen LogP contribution >= 0.6 is 11.3 Å². The van der Waals surface area contributed by atoms with E-state index in [-0.39, 0.29) is 12.3 Å². The summed E-state index contributed by atoms with van der Waals surface area (Å²) in [6.45, 7) is 2.36. The number of aliphatic carboxylic acids is 1. The van der Waals surface area contributed by atoms with Gasteiger partial charge in [0.05, 0.1) is 0 Å². The van der Waals surface area contributed by atoms with Crippen LogP contribution in [0.1, 0.15) is 29.0 Å². The number of carboxylic acids is 1. The van der Waals surface area contributed by atoms with Gasteiger partial charge in [0, 0.05) is 36.3 Å². The fourth-order valence-corrected chi connectivity index (χ4v) is 2.73. The van der Waals surface area contributed by atoms with Crippen molar-refractivity contribution in [1.29, 1.82) is 0 Å². The van der Waals surface area contributed by atoms with Crippen molar-refractivity contribution < 1.29 is 19.4 Å². The molecule has 1 atom stereocenters. The van der Waals surface area contributed by atoms with E-state index in [0.29, 0.717) is 13.0 Å². The molecule has 0 bridgehead atoms. The normalized spacial score (nSPS) is 12.1. The molecule has 1 heterocycles. The van der Waals surface area contributed by atoms with E-state index >= 15 is 0 Å². The van der Waals surface area contributed by atoms with Crippen molar-refractivity contribution in [3.8, 4) is 0 Å². The molecule has 1 aromatic heterocycles. The molecule has 1 amide bonds. The fraction of sp³-hybridized carbons (Fsp3) is 0.571. The average Bonchev–Trinajstić information content (AvgIpc) is 2.80.